The largest absolute Gasteiger partial charge is 0.444 e. The predicted molar refractivity (Wildman–Crippen MR) is 106 cm³/mol. The summed E-state index contributed by atoms with van der Waals surface area (Å²) in [5.74, 6) is 0.133. The highest BCUT2D eigenvalue weighted by Crippen LogP contribution is 2.21. The van der Waals surface area contributed by atoms with Crippen molar-refractivity contribution in [3.8, 4) is 0 Å². The van der Waals surface area contributed by atoms with Gasteiger partial charge in [0.2, 0.25) is 5.91 Å². The summed E-state index contributed by atoms with van der Waals surface area (Å²) in [7, 11) is 0. The first kappa shape index (κ1) is 20.7. The molecule has 1 aromatic rings. The maximum atomic E-state index is 12.6. The molecule has 6 heteroatoms. The molecule has 5 nitrogen and oxygen atoms in total. The van der Waals surface area contributed by atoms with Crippen molar-refractivity contribution in [2.75, 3.05) is 19.6 Å². The maximum Gasteiger partial charge on any atom is 0.410 e. The summed E-state index contributed by atoms with van der Waals surface area (Å²) in [5.41, 5.74) is 1.83. The van der Waals surface area contributed by atoms with Crippen LogP contribution in [0.2, 0.25) is 0 Å². The van der Waals surface area contributed by atoms with Gasteiger partial charge in [-0.15, -0.1) is 0 Å². The number of rotatable bonds is 3. The number of halogens is 1. The van der Waals surface area contributed by atoms with E-state index in [0.717, 1.165) is 10.0 Å². The van der Waals surface area contributed by atoms with E-state index in [9.17, 15) is 9.59 Å². The average molecular weight is 425 g/mol. The molecule has 0 unspecified atom stereocenters. The number of amides is 2. The van der Waals surface area contributed by atoms with E-state index in [2.05, 4.69) is 34.1 Å². The third-order valence-corrected chi connectivity index (χ3v) is 5.16. The lowest BCUT2D eigenvalue weighted by Gasteiger charge is -2.40. The molecule has 144 valence electrons. The lowest BCUT2D eigenvalue weighted by Crippen LogP contribution is -2.56. The van der Waals surface area contributed by atoms with Crippen molar-refractivity contribution < 1.29 is 14.3 Å². The molecule has 0 bridgehead atoms. The highest BCUT2D eigenvalue weighted by molar-refractivity contribution is 9.10. The Bertz CT molecular complexity index is 670. The number of carbonyl (C=O) groups is 2. The Morgan fingerprint density at radius 2 is 1.96 bits per heavy atom. The van der Waals surface area contributed by atoms with E-state index in [1.807, 2.05) is 39.5 Å². The second-order valence-corrected chi connectivity index (χ2v) is 8.81. The first-order valence-corrected chi connectivity index (χ1v) is 9.88. The standard InChI is InChI=1S/C20H29BrN2O3/c1-14-6-7-16(17(21)12-14)8-9-18(24)22-10-11-23(15(2)13-22)19(25)26-20(3,4)5/h6-7,12,15H,8-11,13H2,1-5H3/t15-/m1/s1. The van der Waals surface area contributed by atoms with Gasteiger partial charge in [0.25, 0.3) is 0 Å². The molecule has 0 saturated carbocycles. The van der Waals surface area contributed by atoms with E-state index in [1.165, 1.54) is 5.56 Å². The van der Waals surface area contributed by atoms with Crippen molar-refractivity contribution in [2.24, 2.45) is 0 Å². The Labute approximate surface area is 164 Å². The van der Waals surface area contributed by atoms with Gasteiger partial charge in [-0.1, -0.05) is 28.1 Å². The lowest BCUT2D eigenvalue weighted by molar-refractivity contribution is -0.134. The van der Waals surface area contributed by atoms with E-state index >= 15 is 0 Å². The van der Waals surface area contributed by atoms with Crippen LogP contribution >= 0.6 is 15.9 Å². The summed E-state index contributed by atoms with van der Waals surface area (Å²) < 4.78 is 6.50. The van der Waals surface area contributed by atoms with Crippen LogP contribution in [-0.2, 0) is 16.0 Å². The molecule has 0 radical (unpaired) electrons. The molecule has 1 aromatic carbocycles. The Morgan fingerprint density at radius 3 is 2.54 bits per heavy atom. The zero-order valence-electron chi connectivity index (χ0n) is 16.3. The second-order valence-electron chi connectivity index (χ2n) is 7.96. The fourth-order valence-corrected chi connectivity index (χ4v) is 3.72. The van der Waals surface area contributed by atoms with E-state index < -0.39 is 5.60 Å². The Balaban J connectivity index is 1.87. The summed E-state index contributed by atoms with van der Waals surface area (Å²) >= 11 is 3.57. The van der Waals surface area contributed by atoms with Crippen molar-refractivity contribution in [2.45, 2.75) is 59.1 Å². The van der Waals surface area contributed by atoms with Gasteiger partial charge >= 0.3 is 6.09 Å². The molecule has 26 heavy (non-hydrogen) atoms. The topological polar surface area (TPSA) is 49.9 Å². The van der Waals surface area contributed by atoms with Crippen LogP contribution in [0.25, 0.3) is 0 Å². The van der Waals surface area contributed by atoms with Crippen LogP contribution in [0.1, 0.15) is 45.2 Å². The van der Waals surface area contributed by atoms with Gasteiger partial charge in [-0.25, -0.2) is 4.79 Å². The molecule has 1 aliphatic heterocycles. The molecular weight excluding hydrogens is 396 g/mol. The number of carbonyl (C=O) groups excluding carboxylic acids is 2. The van der Waals surface area contributed by atoms with E-state index in [4.69, 9.17) is 4.74 Å². The molecule has 2 amide bonds. The summed E-state index contributed by atoms with van der Waals surface area (Å²) in [4.78, 5) is 28.4. The number of benzene rings is 1. The number of nitrogens with zero attached hydrogens (tertiary/aromatic N) is 2. The van der Waals surface area contributed by atoms with Crippen LogP contribution in [0.4, 0.5) is 4.79 Å². The number of hydrogen-bond acceptors (Lipinski definition) is 3. The van der Waals surface area contributed by atoms with Crippen molar-refractivity contribution in [3.05, 3.63) is 33.8 Å². The molecule has 0 spiro atoms. The summed E-state index contributed by atoms with van der Waals surface area (Å²) in [6.07, 6.45) is 0.877. The summed E-state index contributed by atoms with van der Waals surface area (Å²) in [6.45, 7) is 11.2. The first-order chi connectivity index (χ1) is 12.1. The molecule has 0 aromatic heterocycles. The molecule has 1 atom stereocenters. The number of piperazine rings is 1. The third kappa shape index (κ3) is 5.73. The molecule has 2 rings (SSSR count). The molecule has 0 N–H and O–H groups in total. The predicted octanol–water partition coefficient (Wildman–Crippen LogP) is 4.16. The molecule has 0 aliphatic carbocycles. The van der Waals surface area contributed by atoms with Gasteiger partial charge < -0.3 is 14.5 Å². The monoisotopic (exact) mass is 424 g/mol. The number of aryl methyl sites for hydroxylation is 2. The van der Waals surface area contributed by atoms with Crippen LogP contribution in [0, 0.1) is 6.92 Å². The van der Waals surface area contributed by atoms with Crippen LogP contribution in [0.3, 0.4) is 0 Å². The van der Waals surface area contributed by atoms with Gasteiger partial charge in [0, 0.05) is 36.6 Å². The van der Waals surface area contributed by atoms with Gasteiger partial charge in [-0.2, -0.15) is 0 Å². The normalized spacial score (nSPS) is 18.0. The number of hydrogen-bond donors (Lipinski definition) is 0. The first-order valence-electron chi connectivity index (χ1n) is 9.09. The Morgan fingerprint density at radius 1 is 1.27 bits per heavy atom. The van der Waals surface area contributed by atoms with Crippen molar-refractivity contribution in [1.29, 1.82) is 0 Å². The lowest BCUT2D eigenvalue weighted by atomic mass is 10.1. The summed E-state index contributed by atoms with van der Waals surface area (Å²) in [6, 6.07) is 6.15. The zero-order chi connectivity index (χ0) is 19.5. The highest BCUT2D eigenvalue weighted by Gasteiger charge is 2.32. The number of ether oxygens (including phenoxy) is 1. The molecule has 1 aliphatic rings. The molecule has 1 heterocycles. The van der Waals surface area contributed by atoms with E-state index in [0.29, 0.717) is 32.5 Å². The Kier molecular flexibility index (Phi) is 6.72. The van der Waals surface area contributed by atoms with Crippen molar-refractivity contribution >= 4 is 27.9 Å². The Hall–Kier alpha value is -1.56. The van der Waals surface area contributed by atoms with Gasteiger partial charge in [0.1, 0.15) is 5.60 Å². The van der Waals surface area contributed by atoms with E-state index in [1.54, 1.807) is 4.90 Å². The highest BCUT2D eigenvalue weighted by atomic mass is 79.9. The zero-order valence-corrected chi connectivity index (χ0v) is 17.9. The molecule has 1 saturated heterocycles. The average Bonchev–Trinajstić information content (AvgIpc) is 2.51. The van der Waals surface area contributed by atoms with Gasteiger partial charge in [-0.05, 0) is 58.2 Å². The second kappa shape index (κ2) is 8.42. The minimum atomic E-state index is -0.509. The van der Waals surface area contributed by atoms with Crippen molar-refractivity contribution in [1.82, 2.24) is 9.80 Å². The van der Waals surface area contributed by atoms with E-state index in [-0.39, 0.29) is 18.0 Å². The van der Waals surface area contributed by atoms with Crippen LogP contribution in [0.15, 0.2) is 22.7 Å². The smallest absolute Gasteiger partial charge is 0.410 e. The minimum Gasteiger partial charge on any atom is -0.444 e. The summed E-state index contributed by atoms with van der Waals surface area (Å²) in [5, 5.41) is 0. The van der Waals surface area contributed by atoms with Gasteiger partial charge in [0.05, 0.1) is 0 Å². The van der Waals surface area contributed by atoms with Gasteiger partial charge in [-0.3, -0.25) is 4.79 Å². The minimum absolute atomic E-state index is 0.0475. The SMILES string of the molecule is Cc1ccc(CCC(=O)N2CCN(C(=O)OC(C)(C)C)[C@H](C)C2)c(Br)c1. The quantitative estimate of drug-likeness (QED) is 0.731. The van der Waals surface area contributed by atoms with Gasteiger partial charge in [0.15, 0.2) is 0 Å². The fourth-order valence-electron chi connectivity index (χ4n) is 3.03. The van der Waals surface area contributed by atoms with Crippen LogP contribution < -0.4 is 0 Å². The molecular formula is C20H29BrN2O3. The van der Waals surface area contributed by atoms with Crippen molar-refractivity contribution in [3.63, 3.8) is 0 Å². The molecule has 1 fully saturated rings. The van der Waals surface area contributed by atoms with Crippen LogP contribution in [-0.4, -0.2) is 53.1 Å². The third-order valence-electron chi connectivity index (χ3n) is 4.42. The van der Waals surface area contributed by atoms with Crippen LogP contribution in [0.5, 0.6) is 0 Å². The maximum absolute atomic E-state index is 12.6. The fraction of sp³-hybridized carbons (Fsp3) is 0.600.